The molecule has 0 N–H and O–H groups in total. The van der Waals surface area contributed by atoms with Crippen molar-refractivity contribution in [1.29, 1.82) is 0 Å². The molecule has 0 rings (SSSR count). The van der Waals surface area contributed by atoms with Gasteiger partial charge in [0.15, 0.2) is 0 Å². The number of rotatable bonds is 0. The maximum atomic E-state index is 9.44. The average Bonchev–Trinajstić information content (AvgIpc) is 0.811. The molecule has 0 spiro atoms. The van der Waals surface area contributed by atoms with Crippen LogP contribution in [0.1, 0.15) is 13.8 Å². The summed E-state index contributed by atoms with van der Waals surface area (Å²) in [6.45, 7) is 3.06. The molecule has 0 amide bonds. The van der Waals surface area contributed by atoms with Gasteiger partial charge in [0.1, 0.15) is 5.78 Å². The third-order valence-corrected chi connectivity index (χ3v) is 0. The summed E-state index contributed by atoms with van der Waals surface area (Å²) in [4.78, 5) is 9.44. The van der Waals surface area contributed by atoms with Gasteiger partial charge in [-0.25, -0.2) is 0 Å². The molecule has 0 aromatic heterocycles. The zero-order chi connectivity index (χ0) is 3.58. The molecule has 0 aliphatic rings. The second kappa shape index (κ2) is 10.2. The van der Waals surface area contributed by atoms with Crippen LogP contribution >= 0.6 is 0 Å². The summed E-state index contributed by atoms with van der Waals surface area (Å²) in [5.41, 5.74) is 0. The SMILES string of the molecule is CC(C)=O.[Ho].[Ho]. The molecule has 1 nitrogen and oxygen atoms in total. The van der Waals surface area contributed by atoms with Crippen molar-refractivity contribution >= 4 is 5.78 Å². The number of Topliss-reactive ketones (excluding diaryl/α,β-unsaturated/α-hetero) is 1. The molecule has 0 saturated heterocycles. The minimum Gasteiger partial charge on any atom is -0.300 e. The topological polar surface area (TPSA) is 17.1 Å². The van der Waals surface area contributed by atoms with Crippen molar-refractivity contribution < 1.29 is 80.3 Å². The van der Waals surface area contributed by atoms with E-state index < -0.39 is 0 Å². The van der Waals surface area contributed by atoms with Gasteiger partial charge in [-0.2, -0.15) is 0 Å². The van der Waals surface area contributed by atoms with Crippen LogP contribution in [-0.4, -0.2) is 5.78 Å². The molecule has 3 heteroatoms. The fraction of sp³-hybridized carbons (Fsp3) is 0.667. The number of ketones is 1. The fourth-order valence-corrected chi connectivity index (χ4v) is 0. The largest absolute Gasteiger partial charge is 0.300 e. The first-order chi connectivity index (χ1) is 1.73. The smallest absolute Gasteiger partial charge is 0.126 e. The predicted molar refractivity (Wildman–Crippen MR) is 16.4 cm³/mol. The maximum absolute atomic E-state index is 9.44. The van der Waals surface area contributed by atoms with Crippen LogP contribution < -0.4 is 0 Å². The first-order valence-electron chi connectivity index (χ1n) is 1.20. The van der Waals surface area contributed by atoms with E-state index >= 15 is 0 Å². The summed E-state index contributed by atoms with van der Waals surface area (Å²) in [5, 5.41) is 0. The van der Waals surface area contributed by atoms with Crippen LogP contribution in [0.2, 0.25) is 0 Å². The van der Waals surface area contributed by atoms with Crippen molar-refractivity contribution in [3.05, 3.63) is 0 Å². The zero-order valence-electron chi connectivity index (χ0n) is 3.51. The minimum absolute atomic E-state index is 0. The Hall–Kier alpha value is 2.19. The van der Waals surface area contributed by atoms with Gasteiger partial charge in [0.05, 0.1) is 0 Å². The van der Waals surface area contributed by atoms with Crippen molar-refractivity contribution in [1.82, 2.24) is 0 Å². The summed E-state index contributed by atoms with van der Waals surface area (Å²) in [7, 11) is 0. The Labute approximate surface area is 97.9 Å². The molecule has 0 aromatic carbocycles. The molecule has 0 aliphatic carbocycles. The molecule has 0 saturated carbocycles. The van der Waals surface area contributed by atoms with E-state index in [0.29, 0.717) is 0 Å². The van der Waals surface area contributed by atoms with Gasteiger partial charge >= 0.3 is 0 Å². The predicted octanol–water partition coefficient (Wildman–Crippen LogP) is 0.595. The Morgan fingerprint density at radius 3 is 1.17 bits per heavy atom. The Balaban J connectivity index is -0.0000000450. The van der Waals surface area contributed by atoms with Gasteiger partial charge < -0.3 is 4.79 Å². The first-order valence-corrected chi connectivity index (χ1v) is 1.20. The van der Waals surface area contributed by atoms with Gasteiger partial charge in [0.2, 0.25) is 0 Å². The third-order valence-electron chi connectivity index (χ3n) is 0. The van der Waals surface area contributed by atoms with E-state index in [-0.39, 0.29) is 81.3 Å². The van der Waals surface area contributed by atoms with E-state index in [0.717, 1.165) is 0 Å². The van der Waals surface area contributed by atoms with E-state index in [4.69, 9.17) is 0 Å². The summed E-state index contributed by atoms with van der Waals surface area (Å²) in [6, 6.07) is 0. The van der Waals surface area contributed by atoms with Crippen LogP contribution in [-0.2, 0) is 4.79 Å². The second-order valence-corrected chi connectivity index (χ2v) is 0.908. The van der Waals surface area contributed by atoms with Crippen LogP contribution in [0.3, 0.4) is 0 Å². The minimum atomic E-state index is 0. The normalized spacial score (nSPS) is 4.33. The van der Waals surface area contributed by atoms with Crippen molar-refractivity contribution in [2.24, 2.45) is 0 Å². The van der Waals surface area contributed by atoms with Crippen LogP contribution in [0.4, 0.5) is 0 Å². The number of carbonyl (C=O) groups excluding carboxylic acids is 1. The third kappa shape index (κ3) is 34.8. The zero-order valence-corrected chi connectivity index (χ0v) is 7.38. The Morgan fingerprint density at radius 1 is 1.17 bits per heavy atom. The van der Waals surface area contributed by atoms with Crippen LogP contribution in [0, 0.1) is 75.5 Å². The Bertz CT molecular complexity index is 31.8. The van der Waals surface area contributed by atoms with E-state index in [1.807, 2.05) is 0 Å². The Morgan fingerprint density at radius 2 is 1.17 bits per heavy atom. The molecule has 6 heavy (non-hydrogen) atoms. The molecule has 46 valence electrons. The number of carbonyl (C=O) groups is 1. The van der Waals surface area contributed by atoms with Gasteiger partial charge in [0.25, 0.3) is 0 Å². The van der Waals surface area contributed by atoms with Gasteiger partial charge in [-0.15, -0.1) is 0 Å². The quantitative estimate of drug-likeness (QED) is 0.556. The molecule has 0 aliphatic heterocycles. The summed E-state index contributed by atoms with van der Waals surface area (Å²) in [5.74, 6) is 0.167. The van der Waals surface area contributed by atoms with Crippen LogP contribution in [0.25, 0.3) is 0 Å². The fourth-order valence-electron chi connectivity index (χ4n) is 0. The van der Waals surface area contributed by atoms with E-state index in [1.165, 1.54) is 13.8 Å². The summed E-state index contributed by atoms with van der Waals surface area (Å²) in [6.07, 6.45) is 0. The molecule has 0 fully saturated rings. The van der Waals surface area contributed by atoms with E-state index in [2.05, 4.69) is 0 Å². The van der Waals surface area contributed by atoms with Gasteiger partial charge in [-0.1, -0.05) is 0 Å². The number of hydrogen-bond acceptors (Lipinski definition) is 1. The molecule has 0 heterocycles. The molecule has 2 radical (unpaired) electrons. The standard InChI is InChI=1S/C3H6O.2Ho/c1-3(2)4;;/h1-2H3;;. The van der Waals surface area contributed by atoms with Crippen LogP contribution in [0.15, 0.2) is 0 Å². The Kier molecular flexibility index (Phi) is 26.8. The van der Waals surface area contributed by atoms with Crippen LogP contribution in [0.5, 0.6) is 0 Å². The maximum Gasteiger partial charge on any atom is 0.126 e. The summed E-state index contributed by atoms with van der Waals surface area (Å²) >= 11 is 0. The van der Waals surface area contributed by atoms with Crippen molar-refractivity contribution in [2.75, 3.05) is 0 Å². The van der Waals surface area contributed by atoms with Crippen molar-refractivity contribution in [3.63, 3.8) is 0 Å². The molecule has 0 unspecified atom stereocenters. The first kappa shape index (κ1) is 15.7. The van der Waals surface area contributed by atoms with Crippen molar-refractivity contribution in [2.45, 2.75) is 13.8 Å². The average molecular weight is 388 g/mol. The summed E-state index contributed by atoms with van der Waals surface area (Å²) < 4.78 is 0. The molecule has 0 bridgehead atoms. The molecule has 0 aromatic rings. The second-order valence-electron chi connectivity index (χ2n) is 0.908. The molecular formula is C3H6Ho2O. The van der Waals surface area contributed by atoms with Gasteiger partial charge in [-0.3, -0.25) is 0 Å². The van der Waals surface area contributed by atoms with Gasteiger partial charge in [-0.05, 0) is 13.8 Å². The van der Waals surface area contributed by atoms with E-state index in [9.17, 15) is 4.79 Å². The van der Waals surface area contributed by atoms with Crippen molar-refractivity contribution in [3.8, 4) is 0 Å². The van der Waals surface area contributed by atoms with Gasteiger partial charge in [0, 0.05) is 75.5 Å². The number of hydrogen-bond donors (Lipinski definition) is 0. The monoisotopic (exact) mass is 388 g/mol. The van der Waals surface area contributed by atoms with E-state index in [1.54, 1.807) is 0 Å². The molecule has 0 atom stereocenters. The molecular weight excluding hydrogens is 382 g/mol.